The van der Waals surface area contributed by atoms with Gasteiger partial charge in [0.15, 0.2) is 5.82 Å². The van der Waals surface area contributed by atoms with Crippen molar-refractivity contribution in [3.8, 4) is 0 Å². The molecule has 2 aromatic heterocycles. The molecule has 0 spiro atoms. The predicted molar refractivity (Wildman–Crippen MR) is 105 cm³/mol. The molecule has 0 radical (unpaired) electrons. The van der Waals surface area contributed by atoms with E-state index in [0.29, 0.717) is 10.7 Å². The lowest BCUT2D eigenvalue weighted by molar-refractivity contribution is -0.0395. The third-order valence-corrected chi connectivity index (χ3v) is 5.03. The Morgan fingerprint density at radius 1 is 1.24 bits per heavy atom. The summed E-state index contributed by atoms with van der Waals surface area (Å²) in [7, 11) is 0. The molecule has 0 saturated carbocycles. The highest BCUT2D eigenvalue weighted by molar-refractivity contribution is 6.30. The highest BCUT2D eigenvalue weighted by atomic mass is 35.5. The molecule has 3 aromatic rings. The van der Waals surface area contributed by atoms with Crippen LogP contribution < -0.4 is 10.6 Å². The van der Waals surface area contributed by atoms with E-state index in [1.807, 2.05) is 0 Å². The number of nitrogens with zero attached hydrogens (tertiary/aromatic N) is 4. The van der Waals surface area contributed by atoms with Crippen LogP contribution in [-0.2, 0) is 6.54 Å². The van der Waals surface area contributed by atoms with Gasteiger partial charge in [-0.2, -0.15) is 0 Å². The van der Waals surface area contributed by atoms with Crippen LogP contribution in [0.5, 0.6) is 0 Å². The monoisotopic (exact) mass is 449 g/mol. The lowest BCUT2D eigenvalue weighted by atomic mass is 10.0. The summed E-state index contributed by atoms with van der Waals surface area (Å²) in [5, 5.41) is 0.442. The van der Waals surface area contributed by atoms with Crippen LogP contribution in [0.2, 0.25) is 5.02 Å². The van der Waals surface area contributed by atoms with E-state index in [2.05, 4.69) is 9.97 Å². The molecular weight excluding hydrogens is 433 g/mol. The number of anilines is 1. The van der Waals surface area contributed by atoms with E-state index in [1.165, 1.54) is 10.8 Å². The number of aromatic nitrogens is 3. The van der Waals surface area contributed by atoms with E-state index in [1.54, 1.807) is 17.0 Å². The van der Waals surface area contributed by atoms with Crippen molar-refractivity contribution in [3.63, 3.8) is 0 Å². The summed E-state index contributed by atoms with van der Waals surface area (Å²) >= 11 is 5.85. The number of fused-ring (bicyclic) bond motifs is 1. The molecule has 4 rings (SSSR count). The van der Waals surface area contributed by atoms with Crippen LogP contribution >= 0.6 is 24.0 Å². The number of rotatable bonds is 3. The fourth-order valence-electron chi connectivity index (χ4n) is 3.34. The minimum Gasteiger partial charge on any atom is -0.340 e. The van der Waals surface area contributed by atoms with E-state index in [4.69, 9.17) is 17.3 Å². The second-order valence-electron chi connectivity index (χ2n) is 6.78. The fraction of sp³-hybridized carbons (Fsp3) is 0.333. The summed E-state index contributed by atoms with van der Waals surface area (Å²) in [6.45, 7) is -0.0652. The number of hydrogen-bond donors (Lipinski definition) is 1. The van der Waals surface area contributed by atoms with Crippen LogP contribution in [0.4, 0.5) is 23.5 Å². The van der Waals surface area contributed by atoms with E-state index in [9.17, 15) is 17.6 Å². The maximum absolute atomic E-state index is 14.5. The van der Waals surface area contributed by atoms with Gasteiger partial charge in [-0.25, -0.2) is 22.5 Å². The van der Waals surface area contributed by atoms with Gasteiger partial charge in [-0.05, 0) is 12.1 Å². The number of hydrogen-bond acceptors (Lipinski definition) is 4. The average Bonchev–Trinajstić information content (AvgIpc) is 2.97. The quantitative estimate of drug-likeness (QED) is 0.613. The lowest BCUT2D eigenvalue weighted by Gasteiger charge is -2.37. The van der Waals surface area contributed by atoms with E-state index < -0.39 is 30.0 Å². The second kappa shape index (κ2) is 7.97. The Morgan fingerprint density at radius 3 is 2.66 bits per heavy atom. The minimum absolute atomic E-state index is 0. The molecule has 1 aliphatic rings. The molecule has 1 atom stereocenters. The van der Waals surface area contributed by atoms with E-state index in [0.717, 1.165) is 12.1 Å². The highest BCUT2D eigenvalue weighted by Crippen LogP contribution is 2.32. The smallest absolute Gasteiger partial charge is 0.266 e. The van der Waals surface area contributed by atoms with Gasteiger partial charge in [0.25, 0.3) is 5.92 Å². The summed E-state index contributed by atoms with van der Waals surface area (Å²) in [6.07, 6.45) is 0.997. The second-order valence-corrected chi connectivity index (χ2v) is 7.22. The molecule has 2 N–H and O–H groups in total. The molecular formula is C18H17Cl2F4N5. The van der Waals surface area contributed by atoms with Crippen LogP contribution in [0.1, 0.15) is 12.1 Å². The molecule has 0 amide bonds. The first-order valence-electron chi connectivity index (χ1n) is 8.58. The van der Waals surface area contributed by atoms with E-state index >= 15 is 0 Å². The van der Waals surface area contributed by atoms with Crippen LogP contribution in [-0.4, -0.2) is 39.6 Å². The van der Waals surface area contributed by atoms with Gasteiger partial charge in [0.05, 0.1) is 28.8 Å². The number of pyridine rings is 1. The summed E-state index contributed by atoms with van der Waals surface area (Å²) in [5.74, 6) is -4.31. The first-order valence-corrected chi connectivity index (χ1v) is 8.96. The van der Waals surface area contributed by atoms with Gasteiger partial charge in [0.1, 0.15) is 11.3 Å². The van der Waals surface area contributed by atoms with Crippen LogP contribution in [0.25, 0.3) is 11.0 Å². The zero-order valence-corrected chi connectivity index (χ0v) is 16.5. The summed E-state index contributed by atoms with van der Waals surface area (Å²) in [4.78, 5) is 10.1. The Morgan fingerprint density at radius 2 is 2.00 bits per heavy atom. The van der Waals surface area contributed by atoms with Crippen molar-refractivity contribution in [1.29, 1.82) is 0 Å². The molecule has 5 nitrogen and oxygen atoms in total. The van der Waals surface area contributed by atoms with Crippen LogP contribution in [0, 0.1) is 11.6 Å². The lowest BCUT2D eigenvalue weighted by Crippen LogP contribution is -2.55. The van der Waals surface area contributed by atoms with Crippen molar-refractivity contribution in [1.82, 2.24) is 14.5 Å². The highest BCUT2D eigenvalue weighted by Gasteiger charge is 2.43. The molecule has 1 aliphatic heterocycles. The standard InChI is InChI=1S/C18H16ClF4N5.ClH/c19-10-1-2-12(25-7-10)8-28-16-13(21)5-11(20)6-14(16)26-17(28)27-4-3-18(22,23)15(24)9-27;/h1-2,5-7,15H,3-4,8-9,24H2;1H. The van der Waals surface area contributed by atoms with Gasteiger partial charge < -0.3 is 15.2 Å². The molecule has 0 aliphatic carbocycles. The number of alkyl halides is 2. The summed E-state index contributed by atoms with van der Waals surface area (Å²) in [5.41, 5.74) is 6.33. The Kier molecular flexibility index (Phi) is 5.93. The van der Waals surface area contributed by atoms with Crippen molar-refractivity contribution in [2.45, 2.75) is 24.9 Å². The number of benzene rings is 1. The number of halogens is 6. The molecule has 0 bridgehead atoms. The predicted octanol–water partition coefficient (Wildman–Crippen LogP) is 4.01. The molecule has 1 aromatic carbocycles. The Bertz CT molecular complexity index is 1030. The Labute approximate surface area is 174 Å². The summed E-state index contributed by atoms with van der Waals surface area (Å²) < 4.78 is 57.3. The van der Waals surface area contributed by atoms with Crippen molar-refractivity contribution < 1.29 is 17.6 Å². The number of piperidine rings is 1. The molecule has 11 heteroatoms. The van der Waals surface area contributed by atoms with Gasteiger partial charge in [0, 0.05) is 37.8 Å². The molecule has 1 saturated heterocycles. The first kappa shape index (κ1) is 21.6. The number of nitrogens with two attached hydrogens (primary N) is 1. The van der Waals surface area contributed by atoms with Crippen molar-refractivity contribution in [2.24, 2.45) is 5.73 Å². The Hall–Kier alpha value is -2.10. The fourth-order valence-corrected chi connectivity index (χ4v) is 3.45. The van der Waals surface area contributed by atoms with Crippen molar-refractivity contribution >= 4 is 41.0 Å². The van der Waals surface area contributed by atoms with Crippen LogP contribution in [0.3, 0.4) is 0 Å². The zero-order valence-electron chi connectivity index (χ0n) is 15.0. The molecule has 1 fully saturated rings. The molecule has 3 heterocycles. The summed E-state index contributed by atoms with van der Waals surface area (Å²) in [6, 6.07) is 3.78. The topological polar surface area (TPSA) is 60.0 Å². The maximum atomic E-state index is 14.5. The normalized spacial score (nSPS) is 18.7. The molecule has 29 heavy (non-hydrogen) atoms. The number of imidazole rings is 1. The van der Waals surface area contributed by atoms with Crippen molar-refractivity contribution in [2.75, 3.05) is 18.0 Å². The van der Waals surface area contributed by atoms with Crippen LogP contribution in [0.15, 0.2) is 30.5 Å². The largest absolute Gasteiger partial charge is 0.340 e. The van der Waals surface area contributed by atoms with Gasteiger partial charge in [-0.3, -0.25) is 4.98 Å². The zero-order chi connectivity index (χ0) is 20.1. The van der Waals surface area contributed by atoms with Gasteiger partial charge >= 0.3 is 0 Å². The molecule has 156 valence electrons. The Balaban J connectivity index is 0.00000240. The average molecular weight is 450 g/mol. The van der Waals surface area contributed by atoms with Gasteiger partial charge in [-0.1, -0.05) is 11.6 Å². The maximum Gasteiger partial charge on any atom is 0.266 e. The van der Waals surface area contributed by atoms with Gasteiger partial charge in [0.2, 0.25) is 5.95 Å². The SMILES string of the molecule is Cl.NC1CN(c2nc3cc(F)cc(F)c3n2Cc2ccc(Cl)cn2)CCC1(F)F. The molecule has 1 unspecified atom stereocenters. The minimum atomic E-state index is -2.98. The van der Waals surface area contributed by atoms with Crippen molar-refractivity contribution in [3.05, 3.63) is 52.8 Å². The first-order chi connectivity index (χ1) is 13.2. The van der Waals surface area contributed by atoms with E-state index in [-0.39, 0.29) is 49.0 Å². The third kappa shape index (κ3) is 4.12. The van der Waals surface area contributed by atoms with Gasteiger partial charge in [-0.15, -0.1) is 12.4 Å². The third-order valence-electron chi connectivity index (χ3n) is 4.81.